The van der Waals surface area contributed by atoms with E-state index in [1.807, 2.05) is 4.52 Å². The molecule has 98 valence electrons. The van der Waals surface area contributed by atoms with Gasteiger partial charge in [0, 0.05) is 12.3 Å². The lowest BCUT2D eigenvalue weighted by Crippen LogP contribution is -2.13. The first-order chi connectivity index (χ1) is 8.88. The number of hydrogen-bond donors (Lipinski definition) is 1. The van der Waals surface area contributed by atoms with Gasteiger partial charge in [0.25, 0.3) is 0 Å². The molecule has 2 aromatic rings. The molecule has 0 aromatic carbocycles. The first kappa shape index (κ1) is 12.0. The average molecular weight is 265 g/mol. The molecule has 1 saturated carbocycles. The van der Waals surface area contributed by atoms with Crippen LogP contribution in [0.25, 0.3) is 4.96 Å². The van der Waals surface area contributed by atoms with Crippen LogP contribution in [0.4, 0.5) is 0 Å². The number of fused-ring (bicyclic) bond motifs is 1. The summed E-state index contributed by atoms with van der Waals surface area (Å²) in [7, 11) is 0. The van der Waals surface area contributed by atoms with E-state index in [4.69, 9.17) is 5.73 Å². The maximum atomic E-state index is 5.49. The Morgan fingerprint density at radius 2 is 2.11 bits per heavy atom. The molecule has 0 unspecified atom stereocenters. The highest BCUT2D eigenvalue weighted by Crippen LogP contribution is 2.35. The Labute approximate surface area is 110 Å². The van der Waals surface area contributed by atoms with Gasteiger partial charge in [-0.15, -0.1) is 10.2 Å². The predicted molar refractivity (Wildman–Crippen MR) is 71.9 cm³/mol. The Morgan fingerprint density at radius 1 is 1.22 bits per heavy atom. The molecule has 0 radical (unpaired) electrons. The van der Waals surface area contributed by atoms with Crippen LogP contribution >= 0.6 is 11.3 Å². The summed E-state index contributed by atoms with van der Waals surface area (Å²) in [6.07, 6.45) is 8.30. The third kappa shape index (κ3) is 2.27. The van der Waals surface area contributed by atoms with Gasteiger partial charge in [-0.1, -0.05) is 24.2 Å². The Morgan fingerprint density at radius 3 is 2.83 bits per heavy atom. The van der Waals surface area contributed by atoms with E-state index in [0.717, 1.165) is 30.2 Å². The predicted octanol–water partition coefficient (Wildman–Crippen LogP) is 2.12. The first-order valence-corrected chi connectivity index (χ1v) is 7.61. The molecule has 0 spiro atoms. The van der Waals surface area contributed by atoms with Crippen LogP contribution in [0.1, 0.15) is 55.3 Å². The van der Waals surface area contributed by atoms with Crippen molar-refractivity contribution in [2.24, 2.45) is 5.73 Å². The molecule has 1 aliphatic carbocycles. The summed E-state index contributed by atoms with van der Waals surface area (Å²) in [5.74, 6) is 1.66. The highest BCUT2D eigenvalue weighted by Gasteiger charge is 2.26. The summed E-state index contributed by atoms with van der Waals surface area (Å²) in [6.45, 7) is 0.789. The van der Waals surface area contributed by atoms with Crippen molar-refractivity contribution in [1.82, 2.24) is 19.8 Å². The monoisotopic (exact) mass is 265 g/mol. The fourth-order valence-corrected chi connectivity index (χ4v) is 3.17. The lowest BCUT2D eigenvalue weighted by atomic mass is 9.85. The van der Waals surface area contributed by atoms with E-state index in [0.29, 0.717) is 5.92 Å². The smallest absolute Gasteiger partial charge is 0.234 e. The van der Waals surface area contributed by atoms with Gasteiger partial charge < -0.3 is 5.73 Å². The van der Waals surface area contributed by atoms with Crippen LogP contribution in [0, 0.1) is 0 Å². The van der Waals surface area contributed by atoms with Gasteiger partial charge in [-0.2, -0.15) is 9.61 Å². The van der Waals surface area contributed by atoms with Gasteiger partial charge in [0.2, 0.25) is 4.96 Å². The first-order valence-electron chi connectivity index (χ1n) is 6.79. The minimum absolute atomic E-state index is 0.590. The van der Waals surface area contributed by atoms with Crippen LogP contribution < -0.4 is 5.73 Å². The van der Waals surface area contributed by atoms with Gasteiger partial charge in [-0.3, -0.25) is 0 Å². The summed E-state index contributed by atoms with van der Waals surface area (Å²) in [5.41, 5.74) is 5.49. The van der Waals surface area contributed by atoms with Gasteiger partial charge >= 0.3 is 0 Å². The molecule has 2 aromatic heterocycles. The van der Waals surface area contributed by atoms with Crippen LogP contribution in [-0.2, 0) is 6.42 Å². The molecule has 0 amide bonds. The lowest BCUT2D eigenvalue weighted by molar-refractivity contribution is 0.395. The Balaban J connectivity index is 1.69. The van der Waals surface area contributed by atoms with Crippen molar-refractivity contribution in [3.05, 3.63) is 10.8 Å². The SMILES string of the molecule is NCCCCCc1nn2c(C3CCC3)nnc2s1. The molecule has 0 atom stereocenters. The zero-order valence-electron chi connectivity index (χ0n) is 10.5. The van der Waals surface area contributed by atoms with Gasteiger partial charge in [0.15, 0.2) is 5.82 Å². The summed E-state index contributed by atoms with van der Waals surface area (Å²) in [6, 6.07) is 0. The van der Waals surface area contributed by atoms with Gasteiger partial charge in [0.1, 0.15) is 5.01 Å². The zero-order valence-corrected chi connectivity index (χ0v) is 11.3. The third-order valence-electron chi connectivity index (χ3n) is 3.62. The second-order valence-corrected chi connectivity index (χ2v) is 6.02. The van der Waals surface area contributed by atoms with Gasteiger partial charge in [-0.25, -0.2) is 0 Å². The van der Waals surface area contributed by atoms with Crippen molar-refractivity contribution in [3.8, 4) is 0 Å². The molecule has 1 fully saturated rings. The molecule has 2 N–H and O–H groups in total. The minimum Gasteiger partial charge on any atom is -0.330 e. The number of unbranched alkanes of at least 4 members (excludes halogenated alkanes) is 2. The number of aromatic nitrogens is 4. The van der Waals surface area contributed by atoms with Crippen LogP contribution in [0.15, 0.2) is 0 Å². The van der Waals surface area contributed by atoms with Gasteiger partial charge in [-0.05, 0) is 32.2 Å². The minimum atomic E-state index is 0.590. The Bertz CT molecular complexity index is 513. The summed E-state index contributed by atoms with van der Waals surface area (Å²) in [5, 5.41) is 14.3. The fourth-order valence-electron chi connectivity index (χ4n) is 2.29. The molecule has 3 rings (SSSR count). The number of nitrogens with zero attached hydrogens (tertiary/aromatic N) is 4. The average Bonchev–Trinajstić information content (AvgIpc) is 2.84. The highest BCUT2D eigenvalue weighted by molar-refractivity contribution is 7.16. The Kier molecular flexibility index (Phi) is 3.56. The topological polar surface area (TPSA) is 69.1 Å². The third-order valence-corrected chi connectivity index (χ3v) is 4.58. The number of aryl methyl sites for hydroxylation is 1. The Hall–Kier alpha value is -1.01. The molecule has 1 aliphatic rings. The highest BCUT2D eigenvalue weighted by atomic mass is 32.1. The van der Waals surface area contributed by atoms with Crippen LogP contribution in [0.2, 0.25) is 0 Å². The lowest BCUT2D eigenvalue weighted by Gasteiger charge is -2.22. The van der Waals surface area contributed by atoms with E-state index < -0.39 is 0 Å². The second kappa shape index (κ2) is 5.32. The van der Waals surface area contributed by atoms with Gasteiger partial charge in [0.05, 0.1) is 0 Å². The normalized spacial score (nSPS) is 16.3. The zero-order chi connectivity index (χ0) is 12.4. The maximum absolute atomic E-state index is 5.49. The van der Waals surface area contributed by atoms with E-state index in [1.54, 1.807) is 11.3 Å². The standard InChI is InChI=1S/C12H19N5S/c13-8-3-1-2-7-10-16-17-11(9-5-4-6-9)14-15-12(17)18-10/h9H,1-8,13H2. The second-order valence-electron chi connectivity index (χ2n) is 4.98. The van der Waals surface area contributed by atoms with Crippen molar-refractivity contribution in [2.75, 3.05) is 6.54 Å². The number of hydrogen-bond acceptors (Lipinski definition) is 5. The van der Waals surface area contributed by atoms with E-state index in [-0.39, 0.29) is 0 Å². The molecule has 5 nitrogen and oxygen atoms in total. The molecular formula is C12H19N5S. The molecule has 0 saturated heterocycles. The van der Waals surface area contributed by atoms with E-state index >= 15 is 0 Å². The molecule has 2 heterocycles. The molecule has 0 bridgehead atoms. The number of rotatable bonds is 6. The maximum Gasteiger partial charge on any atom is 0.234 e. The van der Waals surface area contributed by atoms with Crippen molar-refractivity contribution < 1.29 is 0 Å². The van der Waals surface area contributed by atoms with Crippen LogP contribution in [0.5, 0.6) is 0 Å². The fraction of sp³-hybridized carbons (Fsp3) is 0.750. The summed E-state index contributed by atoms with van der Waals surface area (Å²) in [4.78, 5) is 0.950. The van der Waals surface area contributed by atoms with Crippen molar-refractivity contribution >= 4 is 16.3 Å². The molecule has 6 heteroatoms. The van der Waals surface area contributed by atoms with Crippen LogP contribution in [0.3, 0.4) is 0 Å². The van der Waals surface area contributed by atoms with E-state index in [1.165, 1.54) is 37.1 Å². The molecular weight excluding hydrogens is 246 g/mol. The van der Waals surface area contributed by atoms with Crippen molar-refractivity contribution in [1.29, 1.82) is 0 Å². The number of nitrogens with two attached hydrogens (primary N) is 1. The largest absolute Gasteiger partial charge is 0.330 e. The summed E-state index contributed by atoms with van der Waals surface area (Å²) < 4.78 is 1.97. The van der Waals surface area contributed by atoms with Crippen molar-refractivity contribution in [3.63, 3.8) is 0 Å². The molecule has 18 heavy (non-hydrogen) atoms. The van der Waals surface area contributed by atoms with E-state index in [2.05, 4.69) is 15.3 Å². The van der Waals surface area contributed by atoms with E-state index in [9.17, 15) is 0 Å². The van der Waals surface area contributed by atoms with Crippen molar-refractivity contribution in [2.45, 2.75) is 50.9 Å². The quantitative estimate of drug-likeness (QED) is 0.812. The molecule has 0 aliphatic heterocycles. The summed E-state index contributed by atoms with van der Waals surface area (Å²) >= 11 is 1.68. The van der Waals surface area contributed by atoms with Crippen LogP contribution in [-0.4, -0.2) is 26.4 Å².